The van der Waals surface area contributed by atoms with Crippen molar-refractivity contribution in [1.29, 1.82) is 0 Å². The second kappa shape index (κ2) is 5.25. The molecule has 0 unspecified atom stereocenters. The van der Waals surface area contributed by atoms with Crippen LogP contribution < -0.4 is 10.1 Å². The van der Waals surface area contributed by atoms with Crippen LogP contribution in [0.3, 0.4) is 0 Å². The number of aryl methyl sites for hydroxylation is 1. The molecule has 1 N–H and O–H groups in total. The number of rotatable bonds is 3. The Morgan fingerprint density at radius 1 is 1.56 bits per heavy atom. The highest BCUT2D eigenvalue weighted by Gasteiger charge is 2.14. The lowest BCUT2D eigenvalue weighted by Gasteiger charge is -2.08. The molecule has 0 saturated carbocycles. The van der Waals surface area contributed by atoms with E-state index in [2.05, 4.69) is 5.32 Å². The SMILES string of the molecule is CCNC(=O)Oc1c(F)cc(C)cc1C=O. The molecule has 1 aromatic carbocycles. The summed E-state index contributed by atoms with van der Waals surface area (Å²) in [5.41, 5.74) is 0.603. The summed E-state index contributed by atoms with van der Waals surface area (Å²) in [5.74, 6) is -1.07. The number of amides is 1. The molecule has 0 atom stereocenters. The number of hydrogen-bond acceptors (Lipinski definition) is 3. The van der Waals surface area contributed by atoms with E-state index in [1.54, 1.807) is 13.8 Å². The van der Waals surface area contributed by atoms with Gasteiger partial charge in [-0.05, 0) is 31.5 Å². The van der Waals surface area contributed by atoms with Crippen LogP contribution in [0, 0.1) is 12.7 Å². The molecule has 0 heterocycles. The average molecular weight is 225 g/mol. The standard InChI is InChI=1S/C11H12FNO3/c1-3-13-11(15)16-10-8(6-14)4-7(2)5-9(10)12/h4-6H,3H2,1-2H3,(H,13,15). The zero-order chi connectivity index (χ0) is 12.1. The van der Waals surface area contributed by atoms with Crippen LogP contribution in [0.5, 0.6) is 5.75 Å². The van der Waals surface area contributed by atoms with Crippen molar-refractivity contribution in [1.82, 2.24) is 5.32 Å². The Kier molecular flexibility index (Phi) is 3.99. The molecule has 0 radical (unpaired) electrons. The maximum Gasteiger partial charge on any atom is 0.412 e. The van der Waals surface area contributed by atoms with Gasteiger partial charge in [-0.15, -0.1) is 0 Å². The van der Waals surface area contributed by atoms with E-state index in [0.717, 1.165) is 0 Å². The Balaban J connectivity index is 3.02. The second-order valence-corrected chi connectivity index (χ2v) is 3.20. The molecule has 0 aliphatic heterocycles. The largest absolute Gasteiger partial charge is 0.412 e. The summed E-state index contributed by atoms with van der Waals surface area (Å²) in [5, 5.41) is 2.34. The normalized spacial score (nSPS) is 9.69. The van der Waals surface area contributed by atoms with Crippen molar-refractivity contribution in [3.63, 3.8) is 0 Å². The van der Waals surface area contributed by atoms with Crippen LogP contribution in [-0.4, -0.2) is 18.9 Å². The first kappa shape index (κ1) is 12.2. The van der Waals surface area contributed by atoms with Gasteiger partial charge in [0.05, 0.1) is 5.56 Å². The number of halogens is 1. The van der Waals surface area contributed by atoms with Gasteiger partial charge in [0.25, 0.3) is 0 Å². The first-order chi connectivity index (χ1) is 7.58. The molecular weight excluding hydrogens is 213 g/mol. The van der Waals surface area contributed by atoms with Crippen LogP contribution in [0.1, 0.15) is 22.8 Å². The van der Waals surface area contributed by atoms with Crippen LogP contribution >= 0.6 is 0 Å². The van der Waals surface area contributed by atoms with Gasteiger partial charge in [0, 0.05) is 6.54 Å². The van der Waals surface area contributed by atoms with Gasteiger partial charge in [-0.2, -0.15) is 0 Å². The lowest BCUT2D eigenvalue weighted by molar-refractivity contribution is 0.112. The molecular formula is C11H12FNO3. The fourth-order valence-electron chi connectivity index (χ4n) is 1.22. The molecule has 0 bridgehead atoms. The lowest BCUT2D eigenvalue weighted by Crippen LogP contribution is -2.27. The van der Waals surface area contributed by atoms with Gasteiger partial charge in [-0.3, -0.25) is 4.79 Å². The van der Waals surface area contributed by atoms with E-state index < -0.39 is 11.9 Å². The van der Waals surface area contributed by atoms with Crippen LogP contribution in [0.25, 0.3) is 0 Å². The quantitative estimate of drug-likeness (QED) is 0.801. The molecule has 4 nitrogen and oxygen atoms in total. The van der Waals surface area contributed by atoms with Gasteiger partial charge < -0.3 is 10.1 Å². The van der Waals surface area contributed by atoms with E-state index in [-0.39, 0.29) is 11.3 Å². The van der Waals surface area contributed by atoms with Gasteiger partial charge >= 0.3 is 6.09 Å². The first-order valence-electron chi connectivity index (χ1n) is 4.79. The molecule has 0 aliphatic rings. The summed E-state index contributed by atoms with van der Waals surface area (Å²) in [6.07, 6.45) is -0.335. The molecule has 16 heavy (non-hydrogen) atoms. The van der Waals surface area contributed by atoms with Gasteiger partial charge in [0.2, 0.25) is 0 Å². The minimum atomic E-state index is -0.784. The molecule has 0 fully saturated rings. The van der Waals surface area contributed by atoms with E-state index in [9.17, 15) is 14.0 Å². The number of carbonyl (C=O) groups excluding carboxylic acids is 2. The topological polar surface area (TPSA) is 55.4 Å². The number of benzene rings is 1. The Bertz CT molecular complexity index is 418. The third-order valence-electron chi connectivity index (χ3n) is 1.86. The molecule has 86 valence electrons. The van der Waals surface area contributed by atoms with Crippen LogP contribution in [0.4, 0.5) is 9.18 Å². The molecule has 1 rings (SSSR count). The van der Waals surface area contributed by atoms with Gasteiger partial charge in [-0.25, -0.2) is 9.18 Å². The van der Waals surface area contributed by atoms with Gasteiger partial charge in [-0.1, -0.05) is 0 Å². The number of ether oxygens (including phenoxy) is 1. The summed E-state index contributed by atoms with van der Waals surface area (Å²) in [6, 6.07) is 2.65. The summed E-state index contributed by atoms with van der Waals surface area (Å²) < 4.78 is 18.1. The first-order valence-corrected chi connectivity index (χ1v) is 4.79. The van der Waals surface area contributed by atoms with Crippen molar-refractivity contribution in [3.05, 3.63) is 29.1 Å². The van der Waals surface area contributed by atoms with E-state index in [1.807, 2.05) is 0 Å². The van der Waals surface area contributed by atoms with Crippen molar-refractivity contribution in [3.8, 4) is 5.75 Å². The predicted octanol–water partition coefficient (Wildman–Crippen LogP) is 2.05. The monoisotopic (exact) mass is 225 g/mol. The summed E-state index contributed by atoms with van der Waals surface area (Å²) in [6.45, 7) is 3.71. The van der Waals surface area contributed by atoms with Gasteiger partial charge in [0.15, 0.2) is 17.9 Å². The molecule has 1 amide bonds. The molecule has 0 spiro atoms. The minimum Gasteiger partial charge on any atom is -0.406 e. The van der Waals surface area contributed by atoms with Gasteiger partial charge in [0.1, 0.15) is 0 Å². The number of hydrogen-bond donors (Lipinski definition) is 1. The Morgan fingerprint density at radius 3 is 2.81 bits per heavy atom. The van der Waals surface area contributed by atoms with E-state index in [0.29, 0.717) is 18.4 Å². The van der Waals surface area contributed by atoms with Crippen molar-refractivity contribution < 1.29 is 18.7 Å². The molecule has 1 aromatic rings. The summed E-state index contributed by atoms with van der Waals surface area (Å²) in [7, 11) is 0. The fraction of sp³-hybridized carbons (Fsp3) is 0.273. The van der Waals surface area contributed by atoms with Crippen molar-refractivity contribution in [2.24, 2.45) is 0 Å². The third-order valence-corrected chi connectivity index (χ3v) is 1.86. The van der Waals surface area contributed by atoms with E-state index in [1.165, 1.54) is 12.1 Å². The van der Waals surface area contributed by atoms with Crippen molar-refractivity contribution in [2.45, 2.75) is 13.8 Å². The summed E-state index contributed by atoms with van der Waals surface area (Å²) >= 11 is 0. The fourth-order valence-corrected chi connectivity index (χ4v) is 1.22. The zero-order valence-electron chi connectivity index (χ0n) is 9.04. The molecule has 0 aliphatic carbocycles. The van der Waals surface area contributed by atoms with Crippen molar-refractivity contribution in [2.75, 3.05) is 6.54 Å². The predicted molar refractivity (Wildman–Crippen MR) is 56.2 cm³/mol. The minimum absolute atomic E-state index is 0.0174. The molecule has 0 aromatic heterocycles. The Hall–Kier alpha value is -1.91. The second-order valence-electron chi connectivity index (χ2n) is 3.20. The highest BCUT2D eigenvalue weighted by atomic mass is 19.1. The molecule has 0 saturated heterocycles. The van der Waals surface area contributed by atoms with Crippen LogP contribution in [-0.2, 0) is 0 Å². The van der Waals surface area contributed by atoms with E-state index >= 15 is 0 Å². The third kappa shape index (κ3) is 2.79. The van der Waals surface area contributed by atoms with E-state index in [4.69, 9.17) is 4.74 Å². The molecule has 5 heteroatoms. The number of aldehydes is 1. The average Bonchev–Trinajstić information content (AvgIpc) is 2.22. The zero-order valence-corrected chi connectivity index (χ0v) is 9.04. The lowest BCUT2D eigenvalue weighted by atomic mass is 10.1. The number of nitrogens with one attached hydrogen (secondary N) is 1. The van der Waals surface area contributed by atoms with Crippen LogP contribution in [0.2, 0.25) is 0 Å². The smallest absolute Gasteiger partial charge is 0.406 e. The maximum atomic E-state index is 13.4. The van der Waals surface area contributed by atoms with Crippen molar-refractivity contribution >= 4 is 12.4 Å². The highest BCUT2D eigenvalue weighted by Crippen LogP contribution is 2.23. The Labute approximate surface area is 92.4 Å². The highest BCUT2D eigenvalue weighted by molar-refractivity contribution is 5.82. The summed E-state index contributed by atoms with van der Waals surface area (Å²) in [4.78, 5) is 21.8. The maximum absolute atomic E-state index is 13.4. The Morgan fingerprint density at radius 2 is 2.25 bits per heavy atom. The number of carbonyl (C=O) groups is 2. The van der Waals surface area contributed by atoms with Crippen LogP contribution in [0.15, 0.2) is 12.1 Å².